The van der Waals surface area contributed by atoms with Crippen molar-refractivity contribution in [2.45, 2.75) is 78.1 Å². The Hall–Kier alpha value is -1.11. The van der Waals surface area contributed by atoms with Crippen molar-refractivity contribution in [3.63, 3.8) is 0 Å². The number of hydrogen-bond donors (Lipinski definition) is 0. The highest BCUT2D eigenvalue weighted by Crippen LogP contribution is 2.50. The van der Waals surface area contributed by atoms with Gasteiger partial charge in [-0.3, -0.25) is 4.79 Å². The van der Waals surface area contributed by atoms with E-state index in [-0.39, 0.29) is 5.41 Å². The van der Waals surface area contributed by atoms with Gasteiger partial charge in [0.1, 0.15) is 0 Å². The molecule has 1 aromatic carbocycles. The van der Waals surface area contributed by atoms with Gasteiger partial charge in [-0.2, -0.15) is 0 Å². The van der Waals surface area contributed by atoms with Gasteiger partial charge >= 0.3 is 0 Å². The van der Waals surface area contributed by atoms with Crippen molar-refractivity contribution in [1.82, 2.24) is 0 Å². The van der Waals surface area contributed by atoms with Crippen molar-refractivity contribution >= 4 is 5.78 Å². The normalized spacial score (nSPS) is 20.6. The maximum absolute atomic E-state index is 13.3. The largest absolute Gasteiger partial charge is 0.294 e. The number of fused-ring (bicyclic) bond motifs is 1. The van der Waals surface area contributed by atoms with Crippen LogP contribution in [0.3, 0.4) is 0 Å². The lowest BCUT2D eigenvalue weighted by molar-refractivity contribution is 0.0747. The van der Waals surface area contributed by atoms with Crippen LogP contribution in [0.2, 0.25) is 0 Å². The molecular formula is C20H28O. The lowest BCUT2D eigenvalue weighted by atomic mass is 9.71. The molecule has 1 spiro atoms. The zero-order chi connectivity index (χ0) is 15.2. The third kappa shape index (κ3) is 2.25. The summed E-state index contributed by atoms with van der Waals surface area (Å²) in [5, 5.41) is 0. The lowest BCUT2D eigenvalue weighted by Crippen LogP contribution is -2.30. The maximum Gasteiger partial charge on any atom is 0.169 e. The van der Waals surface area contributed by atoms with Crippen molar-refractivity contribution in [3.8, 4) is 0 Å². The molecule has 3 rings (SSSR count). The first-order chi connectivity index (χ1) is 9.96. The number of rotatable bonds is 2. The first-order valence-electron chi connectivity index (χ1n) is 8.67. The smallest absolute Gasteiger partial charge is 0.169 e. The Labute approximate surface area is 129 Å². The second-order valence-corrected chi connectivity index (χ2v) is 7.75. The molecule has 1 aromatic rings. The van der Waals surface area contributed by atoms with E-state index in [1.165, 1.54) is 36.0 Å². The molecule has 1 saturated carbocycles. The standard InChI is InChI=1S/C20H28O/c1-13(2)15-8-9-16(14(3)4)18-17(15)12-20(19(18)21)10-6-5-7-11-20/h8-9,13-14H,5-7,10-12H2,1-4H3. The van der Waals surface area contributed by atoms with Crippen molar-refractivity contribution in [2.75, 3.05) is 0 Å². The average molecular weight is 284 g/mol. The molecule has 0 radical (unpaired) electrons. The number of hydrogen-bond acceptors (Lipinski definition) is 1. The molecule has 114 valence electrons. The first-order valence-corrected chi connectivity index (χ1v) is 8.67. The van der Waals surface area contributed by atoms with E-state index in [9.17, 15) is 4.79 Å². The summed E-state index contributed by atoms with van der Waals surface area (Å²) in [5.41, 5.74) is 5.14. The molecule has 1 fully saturated rings. The first kappa shape index (κ1) is 14.8. The lowest BCUT2D eigenvalue weighted by Gasteiger charge is -2.31. The molecule has 1 nitrogen and oxygen atoms in total. The molecule has 0 atom stereocenters. The highest BCUT2D eigenvalue weighted by molar-refractivity contribution is 6.06. The molecule has 2 aliphatic carbocycles. The molecule has 0 aliphatic heterocycles. The maximum atomic E-state index is 13.3. The van der Waals surface area contributed by atoms with Crippen LogP contribution >= 0.6 is 0 Å². The summed E-state index contributed by atoms with van der Waals surface area (Å²) in [6, 6.07) is 4.51. The topological polar surface area (TPSA) is 17.1 Å². The second kappa shape index (κ2) is 5.26. The molecule has 0 bridgehead atoms. The van der Waals surface area contributed by atoms with Gasteiger partial charge in [0, 0.05) is 11.0 Å². The molecule has 0 unspecified atom stereocenters. The van der Waals surface area contributed by atoms with Crippen molar-refractivity contribution < 1.29 is 4.79 Å². The SMILES string of the molecule is CC(C)c1ccc(C(C)C)c2c1CC1(CCCCC1)C2=O. The number of ketones is 1. The quantitative estimate of drug-likeness (QED) is 0.688. The van der Waals surface area contributed by atoms with Gasteiger partial charge in [0.05, 0.1) is 0 Å². The van der Waals surface area contributed by atoms with Crippen molar-refractivity contribution in [2.24, 2.45) is 5.41 Å². The third-order valence-corrected chi connectivity index (χ3v) is 5.66. The molecule has 0 amide bonds. The van der Waals surface area contributed by atoms with E-state index < -0.39 is 0 Å². The van der Waals surface area contributed by atoms with Crippen molar-refractivity contribution in [3.05, 3.63) is 34.4 Å². The Bertz CT molecular complexity index is 559. The second-order valence-electron chi connectivity index (χ2n) is 7.75. The Morgan fingerprint density at radius 2 is 1.48 bits per heavy atom. The van der Waals surface area contributed by atoms with Gasteiger partial charge in [-0.05, 0) is 47.8 Å². The van der Waals surface area contributed by atoms with E-state index in [0.29, 0.717) is 17.6 Å². The van der Waals surface area contributed by atoms with Crippen LogP contribution in [-0.2, 0) is 6.42 Å². The molecule has 21 heavy (non-hydrogen) atoms. The minimum Gasteiger partial charge on any atom is -0.294 e. The zero-order valence-corrected chi connectivity index (χ0v) is 14.0. The number of benzene rings is 1. The Balaban J connectivity index is 2.15. The van der Waals surface area contributed by atoms with Gasteiger partial charge < -0.3 is 0 Å². The molecule has 0 N–H and O–H groups in total. The van der Waals surface area contributed by atoms with Gasteiger partial charge in [0.2, 0.25) is 0 Å². The van der Waals surface area contributed by atoms with Crippen LogP contribution in [0.5, 0.6) is 0 Å². The van der Waals surface area contributed by atoms with Crippen LogP contribution in [0, 0.1) is 5.41 Å². The van der Waals surface area contributed by atoms with E-state index in [1.807, 2.05) is 0 Å². The Morgan fingerprint density at radius 1 is 0.905 bits per heavy atom. The van der Waals surface area contributed by atoms with Crippen LogP contribution < -0.4 is 0 Å². The highest BCUT2D eigenvalue weighted by atomic mass is 16.1. The fraction of sp³-hybridized carbons (Fsp3) is 0.650. The molecule has 0 heterocycles. The summed E-state index contributed by atoms with van der Waals surface area (Å²) in [4.78, 5) is 13.3. The summed E-state index contributed by atoms with van der Waals surface area (Å²) in [7, 11) is 0. The summed E-state index contributed by atoms with van der Waals surface area (Å²) in [5.74, 6) is 1.41. The van der Waals surface area contributed by atoms with E-state index in [1.54, 1.807) is 0 Å². The fourth-order valence-electron chi connectivity index (χ4n) is 4.48. The summed E-state index contributed by atoms with van der Waals surface area (Å²) in [6.07, 6.45) is 6.99. The molecule has 0 aromatic heterocycles. The van der Waals surface area contributed by atoms with Crippen LogP contribution in [0.1, 0.15) is 98.7 Å². The zero-order valence-electron chi connectivity index (χ0n) is 14.0. The predicted octanol–water partition coefficient (Wildman–Crippen LogP) is 5.62. The number of carbonyl (C=O) groups is 1. The molecule has 0 saturated heterocycles. The highest BCUT2D eigenvalue weighted by Gasteiger charge is 2.47. The monoisotopic (exact) mass is 284 g/mol. The molecular weight excluding hydrogens is 256 g/mol. The Morgan fingerprint density at radius 3 is 2.05 bits per heavy atom. The van der Waals surface area contributed by atoms with E-state index in [0.717, 1.165) is 24.8 Å². The summed E-state index contributed by atoms with van der Waals surface area (Å²) >= 11 is 0. The van der Waals surface area contributed by atoms with Crippen LogP contribution in [0.25, 0.3) is 0 Å². The van der Waals surface area contributed by atoms with Gasteiger partial charge in [-0.15, -0.1) is 0 Å². The minimum absolute atomic E-state index is 0.0464. The van der Waals surface area contributed by atoms with E-state index in [4.69, 9.17) is 0 Å². The van der Waals surface area contributed by atoms with Gasteiger partial charge in [0.25, 0.3) is 0 Å². The Kier molecular flexibility index (Phi) is 3.71. The minimum atomic E-state index is -0.0464. The van der Waals surface area contributed by atoms with Crippen LogP contribution in [0.4, 0.5) is 0 Å². The predicted molar refractivity (Wildman–Crippen MR) is 88.2 cm³/mol. The van der Waals surface area contributed by atoms with Gasteiger partial charge in [0.15, 0.2) is 5.78 Å². The fourth-order valence-corrected chi connectivity index (χ4v) is 4.48. The van der Waals surface area contributed by atoms with Gasteiger partial charge in [-0.1, -0.05) is 59.1 Å². The summed E-state index contributed by atoms with van der Waals surface area (Å²) < 4.78 is 0. The average Bonchev–Trinajstić information content (AvgIpc) is 2.72. The van der Waals surface area contributed by atoms with Crippen molar-refractivity contribution in [1.29, 1.82) is 0 Å². The molecule has 2 aliphatic rings. The van der Waals surface area contributed by atoms with Crippen LogP contribution in [-0.4, -0.2) is 5.78 Å². The molecule has 1 heteroatoms. The van der Waals surface area contributed by atoms with E-state index in [2.05, 4.69) is 39.8 Å². The number of carbonyl (C=O) groups excluding carboxylic acids is 1. The van der Waals surface area contributed by atoms with Crippen LogP contribution in [0.15, 0.2) is 12.1 Å². The third-order valence-electron chi connectivity index (χ3n) is 5.66. The summed E-state index contributed by atoms with van der Waals surface area (Å²) in [6.45, 7) is 8.93. The number of Topliss-reactive ketones (excluding diaryl/α,β-unsaturated/α-hetero) is 1. The van der Waals surface area contributed by atoms with Gasteiger partial charge in [-0.25, -0.2) is 0 Å². The van der Waals surface area contributed by atoms with E-state index >= 15 is 0 Å².